The van der Waals surface area contributed by atoms with Crippen molar-refractivity contribution in [2.24, 2.45) is 5.73 Å². The molecule has 1 heterocycles. The molecule has 2 atom stereocenters. The molecule has 1 rings (SSSR count). The average Bonchev–Trinajstić information content (AvgIpc) is 2.14. The molecule has 0 amide bonds. The van der Waals surface area contributed by atoms with Gasteiger partial charge in [-0.05, 0) is 6.42 Å². The fourth-order valence-electron chi connectivity index (χ4n) is 0.861. The summed E-state index contributed by atoms with van der Waals surface area (Å²) in [6.45, 7) is 0.707. The summed E-state index contributed by atoms with van der Waals surface area (Å²) in [5, 5.41) is 8.50. The summed E-state index contributed by atoms with van der Waals surface area (Å²) in [6.07, 6.45) is 0.807. The maximum Gasteiger partial charge on any atom is 0.0822 e. The van der Waals surface area contributed by atoms with Gasteiger partial charge in [0.25, 0.3) is 0 Å². The predicted molar refractivity (Wildman–Crippen MR) is 29.4 cm³/mol. The van der Waals surface area contributed by atoms with E-state index in [1.54, 1.807) is 0 Å². The molecule has 8 heavy (non-hydrogen) atoms. The van der Waals surface area contributed by atoms with Gasteiger partial charge in [-0.1, -0.05) is 0 Å². The van der Waals surface area contributed by atoms with Crippen LogP contribution in [0, 0.1) is 0 Å². The molecule has 0 spiro atoms. The van der Waals surface area contributed by atoms with Crippen LogP contribution in [0.4, 0.5) is 0 Å². The minimum Gasteiger partial charge on any atom is -0.394 e. The van der Waals surface area contributed by atoms with Crippen LogP contribution >= 0.6 is 0 Å². The average molecular weight is 117 g/mol. The molecule has 3 heteroatoms. The van der Waals surface area contributed by atoms with Gasteiger partial charge in [-0.3, -0.25) is 0 Å². The molecule has 0 aliphatic carbocycles. The van der Waals surface area contributed by atoms with E-state index in [1.165, 1.54) is 0 Å². The first-order valence-electron chi connectivity index (χ1n) is 2.81. The molecule has 1 fully saturated rings. The van der Waals surface area contributed by atoms with Gasteiger partial charge in [0.15, 0.2) is 0 Å². The van der Waals surface area contributed by atoms with Crippen LogP contribution in [0.1, 0.15) is 6.42 Å². The Hall–Kier alpha value is -0.120. The summed E-state index contributed by atoms with van der Waals surface area (Å²) in [6, 6.07) is 0.146. The van der Waals surface area contributed by atoms with E-state index < -0.39 is 0 Å². The zero-order valence-electron chi connectivity index (χ0n) is 4.71. The van der Waals surface area contributed by atoms with Crippen molar-refractivity contribution in [3.63, 3.8) is 0 Å². The van der Waals surface area contributed by atoms with E-state index in [4.69, 9.17) is 15.6 Å². The fraction of sp³-hybridized carbons (Fsp3) is 1.00. The minimum absolute atomic E-state index is 0.00463. The normalized spacial score (nSPS) is 38.2. The SMILES string of the molecule is N[C@H]1CO[C@H](CO)C1. The van der Waals surface area contributed by atoms with Crippen LogP contribution in [0.15, 0.2) is 0 Å². The Kier molecular flexibility index (Phi) is 1.83. The molecule has 0 bridgehead atoms. The van der Waals surface area contributed by atoms with Gasteiger partial charge in [-0.25, -0.2) is 0 Å². The van der Waals surface area contributed by atoms with Gasteiger partial charge in [0.2, 0.25) is 0 Å². The maximum atomic E-state index is 8.50. The molecule has 3 nitrogen and oxygen atoms in total. The molecule has 0 saturated carbocycles. The molecule has 0 radical (unpaired) electrons. The lowest BCUT2D eigenvalue weighted by molar-refractivity contribution is 0.0585. The Morgan fingerprint density at radius 3 is 2.75 bits per heavy atom. The van der Waals surface area contributed by atoms with Gasteiger partial charge >= 0.3 is 0 Å². The molecular weight excluding hydrogens is 106 g/mol. The van der Waals surface area contributed by atoms with Crippen molar-refractivity contribution in [2.45, 2.75) is 18.6 Å². The topological polar surface area (TPSA) is 55.5 Å². The van der Waals surface area contributed by atoms with Gasteiger partial charge in [-0.15, -0.1) is 0 Å². The Bertz CT molecular complexity index is 76.8. The quantitative estimate of drug-likeness (QED) is 0.467. The van der Waals surface area contributed by atoms with E-state index in [1.807, 2.05) is 0 Å². The van der Waals surface area contributed by atoms with E-state index in [0.29, 0.717) is 6.61 Å². The van der Waals surface area contributed by atoms with Crippen LogP contribution < -0.4 is 5.73 Å². The second-order valence-electron chi connectivity index (χ2n) is 2.13. The van der Waals surface area contributed by atoms with Crippen molar-refractivity contribution in [1.29, 1.82) is 0 Å². The Labute approximate surface area is 48.4 Å². The standard InChI is InChI=1S/C5H11NO2/c6-4-1-5(2-7)8-3-4/h4-5,7H,1-3,6H2/t4-,5+/m1/s1. The number of nitrogens with two attached hydrogens (primary N) is 1. The number of hydrogen-bond donors (Lipinski definition) is 2. The predicted octanol–water partition coefficient (Wildman–Crippen LogP) is -0.905. The van der Waals surface area contributed by atoms with Crippen molar-refractivity contribution in [2.75, 3.05) is 13.2 Å². The summed E-state index contributed by atoms with van der Waals surface area (Å²) in [4.78, 5) is 0. The van der Waals surface area contributed by atoms with Crippen molar-refractivity contribution in [3.8, 4) is 0 Å². The molecule has 1 aliphatic heterocycles. The molecule has 3 N–H and O–H groups in total. The number of rotatable bonds is 1. The molecule has 0 aromatic carbocycles. The van der Waals surface area contributed by atoms with Crippen LogP contribution in [-0.2, 0) is 4.74 Å². The Morgan fingerprint density at radius 1 is 1.75 bits per heavy atom. The smallest absolute Gasteiger partial charge is 0.0822 e. The third-order valence-electron chi connectivity index (χ3n) is 1.32. The van der Waals surface area contributed by atoms with Crippen LogP contribution in [0.3, 0.4) is 0 Å². The molecule has 0 aromatic rings. The van der Waals surface area contributed by atoms with Crippen molar-refractivity contribution in [1.82, 2.24) is 0 Å². The van der Waals surface area contributed by atoms with Gasteiger partial charge in [0.1, 0.15) is 0 Å². The summed E-state index contributed by atoms with van der Waals surface area (Å²) >= 11 is 0. The van der Waals surface area contributed by atoms with Gasteiger partial charge in [0, 0.05) is 6.04 Å². The molecule has 1 aliphatic rings. The monoisotopic (exact) mass is 117 g/mol. The summed E-state index contributed by atoms with van der Waals surface area (Å²) in [5.41, 5.74) is 5.46. The lowest BCUT2D eigenvalue weighted by Gasteiger charge is -2.00. The lowest BCUT2D eigenvalue weighted by Crippen LogP contribution is -2.19. The van der Waals surface area contributed by atoms with Crippen LogP contribution in [0.5, 0.6) is 0 Å². The second-order valence-corrected chi connectivity index (χ2v) is 2.13. The van der Waals surface area contributed by atoms with E-state index in [-0.39, 0.29) is 18.8 Å². The summed E-state index contributed by atoms with van der Waals surface area (Å²) < 4.78 is 5.04. The number of ether oxygens (including phenoxy) is 1. The largest absolute Gasteiger partial charge is 0.394 e. The summed E-state index contributed by atoms with van der Waals surface area (Å²) in [7, 11) is 0. The van der Waals surface area contributed by atoms with Gasteiger partial charge in [-0.2, -0.15) is 0 Å². The molecule has 1 saturated heterocycles. The zero-order chi connectivity index (χ0) is 5.98. The molecule has 0 unspecified atom stereocenters. The van der Waals surface area contributed by atoms with E-state index in [2.05, 4.69) is 0 Å². The number of hydrogen-bond acceptors (Lipinski definition) is 3. The van der Waals surface area contributed by atoms with Crippen molar-refractivity contribution >= 4 is 0 Å². The van der Waals surface area contributed by atoms with E-state index >= 15 is 0 Å². The summed E-state index contributed by atoms with van der Waals surface area (Å²) in [5.74, 6) is 0. The highest BCUT2D eigenvalue weighted by Gasteiger charge is 2.20. The number of aliphatic hydroxyl groups excluding tert-OH is 1. The van der Waals surface area contributed by atoms with E-state index in [9.17, 15) is 0 Å². The second kappa shape index (κ2) is 2.44. The van der Waals surface area contributed by atoms with Gasteiger partial charge < -0.3 is 15.6 Å². The number of aliphatic hydroxyl groups is 1. The first-order valence-corrected chi connectivity index (χ1v) is 2.81. The highest BCUT2D eigenvalue weighted by atomic mass is 16.5. The first-order chi connectivity index (χ1) is 3.83. The molecular formula is C5H11NO2. The van der Waals surface area contributed by atoms with Crippen molar-refractivity contribution in [3.05, 3.63) is 0 Å². The molecule has 48 valence electrons. The van der Waals surface area contributed by atoms with Gasteiger partial charge in [0.05, 0.1) is 19.3 Å². The highest BCUT2D eigenvalue weighted by molar-refractivity contribution is 4.74. The third-order valence-corrected chi connectivity index (χ3v) is 1.32. The third kappa shape index (κ3) is 1.18. The highest BCUT2D eigenvalue weighted by Crippen LogP contribution is 2.09. The van der Waals surface area contributed by atoms with Crippen LogP contribution in [-0.4, -0.2) is 30.5 Å². The Morgan fingerprint density at radius 2 is 2.50 bits per heavy atom. The fourth-order valence-corrected chi connectivity index (χ4v) is 0.861. The van der Waals surface area contributed by atoms with E-state index in [0.717, 1.165) is 6.42 Å². The lowest BCUT2D eigenvalue weighted by atomic mass is 10.2. The van der Waals surface area contributed by atoms with Crippen LogP contribution in [0.2, 0.25) is 0 Å². The first kappa shape index (κ1) is 6.01. The molecule has 0 aromatic heterocycles. The maximum absolute atomic E-state index is 8.50. The minimum atomic E-state index is 0.00463. The zero-order valence-corrected chi connectivity index (χ0v) is 4.71. The Balaban J connectivity index is 2.22. The van der Waals surface area contributed by atoms with Crippen molar-refractivity contribution < 1.29 is 9.84 Å². The van der Waals surface area contributed by atoms with Crippen LogP contribution in [0.25, 0.3) is 0 Å².